The van der Waals surface area contributed by atoms with Gasteiger partial charge in [0.25, 0.3) is 0 Å². The van der Waals surface area contributed by atoms with E-state index in [1.54, 1.807) is 0 Å². The molecule has 90 valence electrons. The predicted molar refractivity (Wildman–Crippen MR) is 61.7 cm³/mol. The Morgan fingerprint density at radius 2 is 1.93 bits per heavy atom. The van der Waals surface area contributed by atoms with E-state index in [1.165, 1.54) is 0 Å². The highest BCUT2D eigenvalue weighted by Crippen LogP contribution is 2.00. The summed E-state index contributed by atoms with van der Waals surface area (Å²) in [6, 6.07) is 0.0835. The molecule has 4 heteroatoms. The summed E-state index contributed by atoms with van der Waals surface area (Å²) in [6.45, 7) is 6.59. The molecule has 0 bridgehead atoms. The van der Waals surface area contributed by atoms with Crippen molar-refractivity contribution < 1.29 is 9.90 Å². The highest BCUT2D eigenvalue weighted by Gasteiger charge is 2.19. The van der Waals surface area contributed by atoms with E-state index in [9.17, 15) is 4.79 Å². The van der Waals surface area contributed by atoms with E-state index in [4.69, 9.17) is 5.11 Å². The average molecular weight is 216 g/mol. The smallest absolute Gasteiger partial charge is 0.237 e. The number of amides is 1. The summed E-state index contributed by atoms with van der Waals surface area (Å²) >= 11 is 0. The van der Waals surface area contributed by atoms with E-state index in [0.29, 0.717) is 6.54 Å². The van der Waals surface area contributed by atoms with Crippen molar-refractivity contribution in [1.82, 2.24) is 10.2 Å². The lowest BCUT2D eigenvalue weighted by atomic mass is 10.1. The number of carbonyl (C=O) groups is 1. The zero-order chi connectivity index (χ0) is 11.8. The van der Waals surface area contributed by atoms with E-state index in [1.807, 2.05) is 18.9 Å². The molecule has 0 spiro atoms. The normalized spacial score (nSPS) is 13.3. The van der Waals surface area contributed by atoms with Crippen LogP contribution in [0.4, 0.5) is 0 Å². The minimum Gasteiger partial charge on any atom is -0.395 e. The number of nitrogens with one attached hydrogen (secondary N) is 1. The predicted octanol–water partition coefficient (Wildman–Crippen LogP) is 0.604. The molecule has 0 aliphatic rings. The first kappa shape index (κ1) is 14.4. The molecule has 0 rings (SSSR count). The number of aliphatic hydroxyl groups is 1. The van der Waals surface area contributed by atoms with Gasteiger partial charge in [0.15, 0.2) is 0 Å². The molecule has 4 nitrogen and oxygen atoms in total. The lowest BCUT2D eigenvalue weighted by molar-refractivity contribution is -0.126. The average Bonchev–Trinajstić information content (AvgIpc) is 2.24. The van der Waals surface area contributed by atoms with Gasteiger partial charge in [-0.15, -0.1) is 0 Å². The first-order valence-electron chi connectivity index (χ1n) is 5.68. The Morgan fingerprint density at radius 3 is 2.33 bits per heavy atom. The van der Waals surface area contributed by atoms with E-state index < -0.39 is 0 Å². The molecule has 0 aliphatic heterocycles. The van der Waals surface area contributed by atoms with Crippen molar-refractivity contribution >= 4 is 5.91 Å². The first-order valence-corrected chi connectivity index (χ1v) is 5.68. The molecule has 0 aromatic carbocycles. The molecule has 0 aromatic rings. The van der Waals surface area contributed by atoms with Crippen molar-refractivity contribution in [1.29, 1.82) is 0 Å². The molecule has 15 heavy (non-hydrogen) atoms. The van der Waals surface area contributed by atoms with Crippen molar-refractivity contribution in [3.63, 3.8) is 0 Å². The second-order valence-electron chi connectivity index (χ2n) is 3.90. The van der Waals surface area contributed by atoms with Gasteiger partial charge >= 0.3 is 0 Å². The van der Waals surface area contributed by atoms with E-state index in [0.717, 1.165) is 12.8 Å². The molecule has 0 aliphatic carbocycles. The lowest BCUT2D eigenvalue weighted by Gasteiger charge is -2.25. The van der Waals surface area contributed by atoms with Gasteiger partial charge < -0.3 is 10.4 Å². The monoisotopic (exact) mass is 216 g/mol. The third-order valence-electron chi connectivity index (χ3n) is 2.83. The summed E-state index contributed by atoms with van der Waals surface area (Å²) in [7, 11) is 1.84. The molecule has 1 unspecified atom stereocenters. The number of rotatable bonds is 7. The Morgan fingerprint density at radius 1 is 1.40 bits per heavy atom. The minimum atomic E-state index is -0.183. The number of hydrogen-bond acceptors (Lipinski definition) is 3. The Balaban J connectivity index is 4.07. The SMILES string of the molecule is CCC(CC)NC(=O)C(C)N(C)CCO. The summed E-state index contributed by atoms with van der Waals surface area (Å²) < 4.78 is 0. The summed E-state index contributed by atoms with van der Waals surface area (Å²) in [5.41, 5.74) is 0. The molecule has 0 fully saturated rings. The molecule has 1 amide bonds. The van der Waals surface area contributed by atoms with Crippen molar-refractivity contribution in [2.45, 2.75) is 45.7 Å². The van der Waals surface area contributed by atoms with Crippen LogP contribution in [0.25, 0.3) is 0 Å². The number of aliphatic hydroxyl groups excluding tert-OH is 1. The van der Waals surface area contributed by atoms with Gasteiger partial charge in [-0.2, -0.15) is 0 Å². The number of hydrogen-bond donors (Lipinski definition) is 2. The van der Waals surface area contributed by atoms with Crippen molar-refractivity contribution in [3.8, 4) is 0 Å². The zero-order valence-corrected chi connectivity index (χ0v) is 10.3. The van der Waals surface area contributed by atoms with E-state index in [2.05, 4.69) is 19.2 Å². The maximum absolute atomic E-state index is 11.8. The molecule has 1 atom stereocenters. The molecular weight excluding hydrogens is 192 g/mol. The van der Waals surface area contributed by atoms with Crippen LogP contribution in [0.3, 0.4) is 0 Å². The fourth-order valence-electron chi connectivity index (χ4n) is 1.37. The fourth-order valence-corrected chi connectivity index (χ4v) is 1.37. The number of nitrogens with zero attached hydrogens (tertiary/aromatic N) is 1. The van der Waals surface area contributed by atoms with Crippen LogP contribution in [0, 0.1) is 0 Å². The second kappa shape index (κ2) is 7.65. The quantitative estimate of drug-likeness (QED) is 0.655. The van der Waals surface area contributed by atoms with Crippen LogP contribution in [-0.2, 0) is 4.79 Å². The molecule has 0 saturated heterocycles. The molecule has 0 aromatic heterocycles. The maximum Gasteiger partial charge on any atom is 0.237 e. The van der Waals surface area contributed by atoms with Crippen LogP contribution in [0.15, 0.2) is 0 Å². The Hall–Kier alpha value is -0.610. The van der Waals surface area contributed by atoms with Crippen molar-refractivity contribution in [2.24, 2.45) is 0 Å². The van der Waals surface area contributed by atoms with Crippen molar-refractivity contribution in [2.75, 3.05) is 20.2 Å². The van der Waals surface area contributed by atoms with Gasteiger partial charge in [-0.05, 0) is 26.8 Å². The standard InChI is InChI=1S/C11H24N2O2/c1-5-10(6-2)12-11(15)9(3)13(4)7-8-14/h9-10,14H,5-8H2,1-4H3,(H,12,15). The third kappa shape index (κ3) is 5.14. The van der Waals surface area contributed by atoms with Gasteiger partial charge in [-0.3, -0.25) is 9.69 Å². The molecule has 0 heterocycles. The van der Waals surface area contributed by atoms with E-state index in [-0.39, 0.29) is 24.6 Å². The van der Waals surface area contributed by atoms with Gasteiger partial charge in [0.1, 0.15) is 0 Å². The van der Waals surface area contributed by atoms with Crippen LogP contribution in [0.5, 0.6) is 0 Å². The zero-order valence-electron chi connectivity index (χ0n) is 10.3. The molecule has 0 saturated carbocycles. The van der Waals surface area contributed by atoms with Crippen LogP contribution in [0.1, 0.15) is 33.6 Å². The lowest BCUT2D eigenvalue weighted by Crippen LogP contribution is -2.47. The van der Waals surface area contributed by atoms with Gasteiger partial charge in [0.05, 0.1) is 12.6 Å². The summed E-state index contributed by atoms with van der Waals surface area (Å²) in [5, 5.41) is 11.8. The maximum atomic E-state index is 11.8. The van der Waals surface area contributed by atoms with Crippen LogP contribution in [0.2, 0.25) is 0 Å². The molecule has 2 N–H and O–H groups in total. The summed E-state index contributed by atoms with van der Waals surface area (Å²) in [4.78, 5) is 13.6. The van der Waals surface area contributed by atoms with E-state index >= 15 is 0 Å². The van der Waals surface area contributed by atoms with Gasteiger partial charge in [0.2, 0.25) is 5.91 Å². The highest BCUT2D eigenvalue weighted by atomic mass is 16.3. The minimum absolute atomic E-state index is 0.0413. The summed E-state index contributed by atoms with van der Waals surface area (Å²) in [5.74, 6) is 0.0413. The Kier molecular flexibility index (Phi) is 7.34. The molecular formula is C11H24N2O2. The number of carbonyl (C=O) groups excluding carboxylic acids is 1. The van der Waals surface area contributed by atoms with Crippen LogP contribution >= 0.6 is 0 Å². The second-order valence-corrected chi connectivity index (χ2v) is 3.90. The highest BCUT2D eigenvalue weighted by molar-refractivity contribution is 5.81. The Labute approximate surface area is 92.7 Å². The fraction of sp³-hybridized carbons (Fsp3) is 0.909. The van der Waals surface area contributed by atoms with Gasteiger partial charge in [-0.1, -0.05) is 13.8 Å². The topological polar surface area (TPSA) is 52.6 Å². The van der Waals surface area contributed by atoms with Crippen LogP contribution in [-0.4, -0.2) is 48.2 Å². The largest absolute Gasteiger partial charge is 0.395 e. The third-order valence-corrected chi connectivity index (χ3v) is 2.83. The molecule has 0 radical (unpaired) electrons. The van der Waals surface area contributed by atoms with Gasteiger partial charge in [0, 0.05) is 12.6 Å². The van der Waals surface area contributed by atoms with Crippen LogP contribution < -0.4 is 5.32 Å². The Bertz CT molecular complexity index is 181. The first-order chi connectivity index (χ1) is 7.06. The number of likely N-dealkylation sites (N-methyl/N-ethyl adjacent to an activating group) is 1. The van der Waals surface area contributed by atoms with Gasteiger partial charge in [-0.25, -0.2) is 0 Å². The van der Waals surface area contributed by atoms with Crippen molar-refractivity contribution in [3.05, 3.63) is 0 Å². The summed E-state index contributed by atoms with van der Waals surface area (Å²) in [6.07, 6.45) is 1.91.